The summed E-state index contributed by atoms with van der Waals surface area (Å²) in [6.45, 7) is 7.13. The maximum Gasteiger partial charge on any atom is 0.122 e. The Kier molecular flexibility index (Phi) is 5.56. The third kappa shape index (κ3) is 4.27. The molecule has 102 valence electrons. The van der Waals surface area contributed by atoms with E-state index in [0.717, 1.165) is 30.0 Å². The zero-order valence-corrected chi connectivity index (χ0v) is 11.8. The summed E-state index contributed by atoms with van der Waals surface area (Å²) in [6.07, 6.45) is 1.82. The first kappa shape index (κ1) is 14.9. The van der Waals surface area contributed by atoms with Crippen molar-refractivity contribution in [3.05, 3.63) is 23.5 Å². The van der Waals surface area contributed by atoms with Crippen LogP contribution < -0.4 is 10.5 Å². The Morgan fingerprint density at radius 1 is 1.28 bits per heavy atom. The SMILES string of the molecule is CCC(N)(CC)COCc1cc(OC)cc(C)n1. The minimum absolute atomic E-state index is 0.228. The molecule has 0 aliphatic heterocycles. The van der Waals surface area contributed by atoms with Crippen LogP contribution in [0.3, 0.4) is 0 Å². The maximum atomic E-state index is 6.18. The lowest BCUT2D eigenvalue weighted by Crippen LogP contribution is -2.43. The van der Waals surface area contributed by atoms with E-state index in [2.05, 4.69) is 18.8 Å². The smallest absolute Gasteiger partial charge is 0.122 e. The highest BCUT2D eigenvalue weighted by Gasteiger charge is 2.20. The van der Waals surface area contributed by atoms with Crippen LogP contribution in [0.5, 0.6) is 5.75 Å². The second-order valence-electron chi connectivity index (χ2n) is 4.70. The molecule has 1 aromatic heterocycles. The third-order valence-electron chi connectivity index (χ3n) is 3.26. The predicted octanol–water partition coefficient (Wildman–Crippen LogP) is 2.43. The number of methoxy groups -OCH3 is 1. The van der Waals surface area contributed by atoms with Crippen LogP contribution in [0.4, 0.5) is 0 Å². The van der Waals surface area contributed by atoms with Crippen LogP contribution in [0.15, 0.2) is 12.1 Å². The highest BCUT2D eigenvalue weighted by atomic mass is 16.5. The summed E-state index contributed by atoms with van der Waals surface area (Å²) >= 11 is 0. The summed E-state index contributed by atoms with van der Waals surface area (Å²) in [5.41, 5.74) is 7.75. The van der Waals surface area contributed by atoms with Gasteiger partial charge >= 0.3 is 0 Å². The van der Waals surface area contributed by atoms with Gasteiger partial charge in [0, 0.05) is 23.4 Å². The number of nitrogens with two attached hydrogens (primary N) is 1. The summed E-state index contributed by atoms with van der Waals surface area (Å²) < 4.78 is 10.9. The maximum absolute atomic E-state index is 6.18. The minimum atomic E-state index is -0.228. The monoisotopic (exact) mass is 252 g/mol. The van der Waals surface area contributed by atoms with E-state index < -0.39 is 0 Å². The molecule has 0 bridgehead atoms. The van der Waals surface area contributed by atoms with Gasteiger partial charge < -0.3 is 15.2 Å². The molecule has 0 atom stereocenters. The van der Waals surface area contributed by atoms with Gasteiger partial charge in [-0.05, 0) is 19.8 Å². The van der Waals surface area contributed by atoms with E-state index in [4.69, 9.17) is 15.2 Å². The minimum Gasteiger partial charge on any atom is -0.497 e. The normalized spacial score (nSPS) is 11.6. The molecular weight excluding hydrogens is 228 g/mol. The van der Waals surface area contributed by atoms with Crippen molar-refractivity contribution < 1.29 is 9.47 Å². The van der Waals surface area contributed by atoms with Crippen molar-refractivity contribution >= 4 is 0 Å². The lowest BCUT2D eigenvalue weighted by molar-refractivity contribution is 0.0676. The molecule has 0 fully saturated rings. The fourth-order valence-corrected chi connectivity index (χ4v) is 1.71. The molecule has 0 unspecified atom stereocenters. The quantitative estimate of drug-likeness (QED) is 0.809. The number of hydrogen-bond acceptors (Lipinski definition) is 4. The number of aromatic nitrogens is 1. The molecule has 0 saturated heterocycles. The summed E-state index contributed by atoms with van der Waals surface area (Å²) in [5, 5.41) is 0. The van der Waals surface area contributed by atoms with Gasteiger partial charge in [-0.2, -0.15) is 0 Å². The van der Waals surface area contributed by atoms with E-state index in [9.17, 15) is 0 Å². The molecule has 0 radical (unpaired) electrons. The summed E-state index contributed by atoms with van der Waals surface area (Å²) in [5.74, 6) is 0.811. The molecule has 0 spiro atoms. The van der Waals surface area contributed by atoms with Crippen LogP contribution in [0, 0.1) is 6.92 Å². The van der Waals surface area contributed by atoms with E-state index in [-0.39, 0.29) is 5.54 Å². The molecule has 1 rings (SSSR count). The molecule has 4 heteroatoms. The summed E-state index contributed by atoms with van der Waals surface area (Å²) in [6, 6.07) is 3.79. The Balaban J connectivity index is 2.56. The largest absolute Gasteiger partial charge is 0.497 e. The summed E-state index contributed by atoms with van der Waals surface area (Å²) in [4.78, 5) is 4.41. The van der Waals surface area contributed by atoms with E-state index in [1.165, 1.54) is 0 Å². The van der Waals surface area contributed by atoms with Crippen molar-refractivity contribution in [2.45, 2.75) is 45.8 Å². The van der Waals surface area contributed by atoms with Crippen LogP contribution in [-0.4, -0.2) is 24.2 Å². The molecule has 0 aliphatic carbocycles. The molecule has 1 heterocycles. The number of nitrogens with zero attached hydrogens (tertiary/aromatic N) is 1. The van der Waals surface area contributed by atoms with Gasteiger partial charge in [0.2, 0.25) is 0 Å². The first-order chi connectivity index (χ1) is 8.53. The van der Waals surface area contributed by atoms with Crippen molar-refractivity contribution in [2.24, 2.45) is 5.73 Å². The standard InChI is InChI=1S/C14H24N2O2/c1-5-14(15,6-2)10-18-9-12-8-13(17-4)7-11(3)16-12/h7-8H,5-6,9-10,15H2,1-4H3. The molecule has 4 nitrogen and oxygen atoms in total. The van der Waals surface area contributed by atoms with Crippen LogP contribution in [-0.2, 0) is 11.3 Å². The van der Waals surface area contributed by atoms with E-state index in [1.807, 2.05) is 19.1 Å². The van der Waals surface area contributed by atoms with Gasteiger partial charge in [-0.1, -0.05) is 13.8 Å². The zero-order valence-electron chi connectivity index (χ0n) is 11.8. The summed E-state index contributed by atoms with van der Waals surface area (Å²) in [7, 11) is 1.65. The Bertz CT molecular complexity index is 376. The predicted molar refractivity (Wildman–Crippen MR) is 72.7 cm³/mol. The Morgan fingerprint density at radius 2 is 1.94 bits per heavy atom. The van der Waals surface area contributed by atoms with Crippen molar-refractivity contribution in [2.75, 3.05) is 13.7 Å². The highest BCUT2D eigenvalue weighted by Crippen LogP contribution is 2.16. The third-order valence-corrected chi connectivity index (χ3v) is 3.26. The zero-order chi connectivity index (χ0) is 13.6. The number of ether oxygens (including phenoxy) is 2. The first-order valence-electron chi connectivity index (χ1n) is 6.41. The Hall–Kier alpha value is -1.13. The lowest BCUT2D eigenvalue weighted by Gasteiger charge is -2.26. The van der Waals surface area contributed by atoms with E-state index in [0.29, 0.717) is 13.2 Å². The van der Waals surface area contributed by atoms with Gasteiger partial charge in [0.15, 0.2) is 0 Å². The second kappa shape index (κ2) is 6.71. The molecular formula is C14H24N2O2. The average molecular weight is 252 g/mol. The van der Waals surface area contributed by atoms with Gasteiger partial charge in [0.25, 0.3) is 0 Å². The van der Waals surface area contributed by atoms with Crippen molar-refractivity contribution in [3.8, 4) is 5.75 Å². The fraction of sp³-hybridized carbons (Fsp3) is 0.643. The molecule has 0 saturated carbocycles. The topological polar surface area (TPSA) is 57.4 Å². The first-order valence-corrected chi connectivity index (χ1v) is 6.41. The van der Waals surface area contributed by atoms with Crippen LogP contribution in [0.1, 0.15) is 38.1 Å². The van der Waals surface area contributed by atoms with Gasteiger partial charge in [-0.25, -0.2) is 0 Å². The highest BCUT2D eigenvalue weighted by molar-refractivity contribution is 5.26. The van der Waals surface area contributed by atoms with Crippen LogP contribution in [0.25, 0.3) is 0 Å². The average Bonchev–Trinajstić information content (AvgIpc) is 2.37. The van der Waals surface area contributed by atoms with Gasteiger partial charge in [-0.3, -0.25) is 4.98 Å². The molecule has 0 aliphatic rings. The molecule has 1 aromatic rings. The Morgan fingerprint density at radius 3 is 2.50 bits per heavy atom. The molecule has 0 amide bonds. The van der Waals surface area contributed by atoms with Crippen LogP contribution in [0.2, 0.25) is 0 Å². The lowest BCUT2D eigenvalue weighted by atomic mass is 9.96. The fourth-order valence-electron chi connectivity index (χ4n) is 1.71. The van der Waals surface area contributed by atoms with Crippen molar-refractivity contribution in [1.82, 2.24) is 4.98 Å². The van der Waals surface area contributed by atoms with Crippen molar-refractivity contribution in [1.29, 1.82) is 0 Å². The van der Waals surface area contributed by atoms with E-state index in [1.54, 1.807) is 7.11 Å². The van der Waals surface area contributed by atoms with Crippen LogP contribution >= 0.6 is 0 Å². The Labute approximate surface area is 110 Å². The number of pyridine rings is 1. The van der Waals surface area contributed by atoms with Gasteiger partial charge in [-0.15, -0.1) is 0 Å². The second-order valence-corrected chi connectivity index (χ2v) is 4.70. The number of aryl methyl sites for hydroxylation is 1. The number of rotatable bonds is 7. The van der Waals surface area contributed by atoms with Crippen molar-refractivity contribution in [3.63, 3.8) is 0 Å². The molecule has 0 aromatic carbocycles. The number of hydrogen-bond donors (Lipinski definition) is 1. The molecule has 2 N–H and O–H groups in total. The van der Waals surface area contributed by atoms with Gasteiger partial charge in [0.1, 0.15) is 5.75 Å². The van der Waals surface area contributed by atoms with E-state index >= 15 is 0 Å². The van der Waals surface area contributed by atoms with Gasteiger partial charge in [0.05, 0.1) is 26.0 Å². The molecule has 18 heavy (non-hydrogen) atoms.